The predicted molar refractivity (Wildman–Crippen MR) is 42.4 cm³/mol. The van der Waals surface area contributed by atoms with E-state index in [1.165, 1.54) is 0 Å². The molecule has 0 radical (unpaired) electrons. The molecule has 0 N–H and O–H groups in total. The third-order valence-corrected chi connectivity index (χ3v) is 1.62. The molecular formula is C5H9Cl3. The molecule has 2 unspecified atom stereocenters. The van der Waals surface area contributed by atoms with E-state index in [0.29, 0.717) is 0 Å². The van der Waals surface area contributed by atoms with Gasteiger partial charge in [-0.2, -0.15) is 0 Å². The zero-order valence-electron chi connectivity index (χ0n) is 4.60. The molecule has 2 atom stereocenters. The zero-order valence-corrected chi connectivity index (χ0v) is 6.93. The van der Waals surface area contributed by atoms with Gasteiger partial charge in [0.05, 0.1) is 10.8 Å². The Hall–Kier alpha value is 0.610. The molecule has 0 saturated carbocycles. The van der Waals surface area contributed by atoms with Crippen LogP contribution in [0.5, 0.6) is 0 Å². The fraction of sp³-hybridized carbons (Fsp3) is 0.600. The summed E-state index contributed by atoms with van der Waals surface area (Å²) in [5.41, 5.74) is 0. The Labute approximate surface area is 66.3 Å². The molecule has 8 heavy (non-hydrogen) atoms. The van der Waals surface area contributed by atoms with Gasteiger partial charge in [-0.15, -0.1) is 42.2 Å². The van der Waals surface area contributed by atoms with E-state index >= 15 is 0 Å². The Balaban J connectivity index is 0. The second-order valence-electron chi connectivity index (χ2n) is 1.36. The van der Waals surface area contributed by atoms with Gasteiger partial charge in [0.1, 0.15) is 0 Å². The van der Waals surface area contributed by atoms with Crippen LogP contribution in [-0.2, 0) is 0 Å². The van der Waals surface area contributed by atoms with Crippen LogP contribution < -0.4 is 0 Å². The van der Waals surface area contributed by atoms with Crippen molar-refractivity contribution >= 4 is 35.6 Å². The highest BCUT2D eigenvalue weighted by molar-refractivity contribution is 6.30. The van der Waals surface area contributed by atoms with E-state index < -0.39 is 0 Å². The van der Waals surface area contributed by atoms with Crippen LogP contribution in [-0.4, -0.2) is 10.8 Å². The Bertz CT molecular complexity index is 60.7. The minimum atomic E-state index is -0.0957. The Morgan fingerprint density at radius 3 is 1.88 bits per heavy atom. The third-order valence-electron chi connectivity index (χ3n) is 0.664. The molecule has 0 rings (SSSR count). The molecule has 0 aromatic rings. The van der Waals surface area contributed by atoms with Gasteiger partial charge in [-0.05, 0) is 6.92 Å². The standard InChI is InChI=1S/C5H8Cl2.ClH/c1-3-5(7)4(2)6;/h3-5H,1H2,2H3;1H. The van der Waals surface area contributed by atoms with E-state index in [0.717, 1.165) is 0 Å². The second-order valence-corrected chi connectivity index (χ2v) is 2.55. The second kappa shape index (κ2) is 5.74. The average molecular weight is 175 g/mol. The lowest BCUT2D eigenvalue weighted by atomic mass is 10.3. The molecule has 0 aromatic heterocycles. The van der Waals surface area contributed by atoms with Crippen LogP contribution in [0.1, 0.15) is 6.92 Å². The van der Waals surface area contributed by atoms with Gasteiger partial charge in [0.15, 0.2) is 0 Å². The van der Waals surface area contributed by atoms with Gasteiger partial charge >= 0.3 is 0 Å². The van der Waals surface area contributed by atoms with Crippen LogP contribution >= 0.6 is 35.6 Å². The predicted octanol–water partition coefficient (Wildman–Crippen LogP) is 2.83. The summed E-state index contributed by atoms with van der Waals surface area (Å²) in [4.78, 5) is 0. The van der Waals surface area contributed by atoms with E-state index in [1.54, 1.807) is 6.08 Å². The maximum absolute atomic E-state index is 5.55. The molecular weight excluding hydrogens is 166 g/mol. The van der Waals surface area contributed by atoms with E-state index in [2.05, 4.69) is 6.58 Å². The van der Waals surface area contributed by atoms with Crippen LogP contribution in [0.3, 0.4) is 0 Å². The maximum Gasteiger partial charge on any atom is 0.0674 e. The maximum atomic E-state index is 5.55. The summed E-state index contributed by atoms with van der Waals surface area (Å²) in [6.07, 6.45) is 1.62. The van der Waals surface area contributed by atoms with Crippen molar-refractivity contribution in [3.8, 4) is 0 Å². The topological polar surface area (TPSA) is 0 Å². The van der Waals surface area contributed by atoms with Crippen LogP contribution in [0.2, 0.25) is 0 Å². The van der Waals surface area contributed by atoms with Crippen molar-refractivity contribution < 1.29 is 0 Å². The SMILES string of the molecule is C=CC(Cl)C(C)Cl.Cl. The molecule has 0 saturated heterocycles. The fourth-order valence-corrected chi connectivity index (χ4v) is 0.290. The van der Waals surface area contributed by atoms with Gasteiger partial charge in [-0.25, -0.2) is 0 Å². The molecule has 0 amide bonds. The molecule has 50 valence electrons. The Kier molecular flexibility index (Phi) is 8.19. The van der Waals surface area contributed by atoms with Gasteiger partial charge in [-0.1, -0.05) is 6.08 Å². The summed E-state index contributed by atoms with van der Waals surface area (Å²) in [5.74, 6) is 0. The van der Waals surface area contributed by atoms with E-state index in [-0.39, 0.29) is 23.2 Å². The van der Waals surface area contributed by atoms with Crippen molar-refractivity contribution in [2.75, 3.05) is 0 Å². The lowest BCUT2D eigenvalue weighted by Crippen LogP contribution is -2.05. The smallest absolute Gasteiger partial charge is 0.0674 e. The lowest BCUT2D eigenvalue weighted by Gasteiger charge is -2.02. The van der Waals surface area contributed by atoms with Crippen LogP contribution in [0.15, 0.2) is 12.7 Å². The number of hydrogen-bond donors (Lipinski definition) is 0. The van der Waals surface area contributed by atoms with Crippen LogP contribution in [0.4, 0.5) is 0 Å². The quantitative estimate of drug-likeness (QED) is 0.447. The summed E-state index contributed by atoms with van der Waals surface area (Å²) in [5, 5.41) is -0.110. The van der Waals surface area contributed by atoms with Crippen LogP contribution in [0, 0.1) is 0 Å². The minimum absolute atomic E-state index is 0. The van der Waals surface area contributed by atoms with E-state index in [4.69, 9.17) is 23.2 Å². The molecule has 0 heterocycles. The normalized spacial score (nSPS) is 15.9. The number of rotatable bonds is 2. The molecule has 0 aromatic carbocycles. The van der Waals surface area contributed by atoms with Crippen molar-refractivity contribution in [2.45, 2.75) is 17.7 Å². The molecule has 0 aliphatic heterocycles. The van der Waals surface area contributed by atoms with Gasteiger partial charge < -0.3 is 0 Å². The minimum Gasteiger partial charge on any atom is -0.147 e. The molecule has 3 heteroatoms. The molecule has 0 nitrogen and oxygen atoms in total. The molecule has 0 bridgehead atoms. The van der Waals surface area contributed by atoms with Crippen molar-refractivity contribution in [3.05, 3.63) is 12.7 Å². The van der Waals surface area contributed by atoms with E-state index in [9.17, 15) is 0 Å². The van der Waals surface area contributed by atoms with Gasteiger partial charge in [0.2, 0.25) is 0 Å². The Morgan fingerprint density at radius 2 is 1.88 bits per heavy atom. The fourth-order valence-electron chi connectivity index (χ4n) is 0.188. The molecule has 0 aliphatic rings. The molecule has 0 fully saturated rings. The third kappa shape index (κ3) is 4.76. The first-order valence-corrected chi connectivity index (χ1v) is 2.96. The van der Waals surface area contributed by atoms with Gasteiger partial charge in [0, 0.05) is 0 Å². The largest absolute Gasteiger partial charge is 0.147 e. The highest BCUT2D eigenvalue weighted by atomic mass is 35.5. The highest BCUT2D eigenvalue weighted by Crippen LogP contribution is 2.08. The van der Waals surface area contributed by atoms with Crippen molar-refractivity contribution in [1.29, 1.82) is 0 Å². The van der Waals surface area contributed by atoms with Crippen molar-refractivity contribution in [1.82, 2.24) is 0 Å². The first-order valence-electron chi connectivity index (χ1n) is 2.09. The number of allylic oxidation sites excluding steroid dienone is 1. The lowest BCUT2D eigenvalue weighted by molar-refractivity contribution is 0.979. The first kappa shape index (κ1) is 11.4. The van der Waals surface area contributed by atoms with Crippen LogP contribution in [0.25, 0.3) is 0 Å². The zero-order chi connectivity index (χ0) is 5.86. The number of alkyl halides is 2. The molecule has 0 aliphatic carbocycles. The monoisotopic (exact) mass is 174 g/mol. The van der Waals surface area contributed by atoms with Gasteiger partial charge in [-0.3, -0.25) is 0 Å². The van der Waals surface area contributed by atoms with E-state index in [1.807, 2.05) is 6.92 Å². The van der Waals surface area contributed by atoms with Gasteiger partial charge in [0.25, 0.3) is 0 Å². The summed E-state index contributed by atoms with van der Waals surface area (Å²) in [6, 6.07) is 0. The summed E-state index contributed by atoms with van der Waals surface area (Å²) >= 11 is 11.1. The summed E-state index contributed by atoms with van der Waals surface area (Å²) < 4.78 is 0. The Morgan fingerprint density at radius 1 is 1.50 bits per heavy atom. The highest BCUT2D eigenvalue weighted by Gasteiger charge is 2.03. The first-order chi connectivity index (χ1) is 3.18. The average Bonchev–Trinajstić information content (AvgIpc) is 1.65. The summed E-state index contributed by atoms with van der Waals surface area (Å²) in [7, 11) is 0. The summed E-state index contributed by atoms with van der Waals surface area (Å²) in [6.45, 7) is 5.30. The van der Waals surface area contributed by atoms with Crippen molar-refractivity contribution in [2.24, 2.45) is 0 Å². The molecule has 0 spiro atoms. The number of hydrogen-bond acceptors (Lipinski definition) is 0. The van der Waals surface area contributed by atoms with Crippen molar-refractivity contribution in [3.63, 3.8) is 0 Å². The number of halogens is 3.